The molecule has 0 aliphatic rings. The lowest BCUT2D eigenvalue weighted by Crippen LogP contribution is -2.07. The Kier molecular flexibility index (Phi) is 9.67. The van der Waals surface area contributed by atoms with Crippen molar-refractivity contribution >= 4 is 11.9 Å². The highest BCUT2D eigenvalue weighted by molar-refractivity contribution is 5.88. The number of carbonyl (C=O) groups is 2. The minimum Gasteiger partial charge on any atom is -0.493 e. The lowest BCUT2D eigenvalue weighted by Gasteiger charge is -2.08. The van der Waals surface area contributed by atoms with E-state index in [1.54, 1.807) is 19.1 Å². The van der Waals surface area contributed by atoms with Crippen LogP contribution in [0.4, 0.5) is 0 Å². The molecule has 3 aromatic rings. The summed E-state index contributed by atoms with van der Waals surface area (Å²) < 4.78 is 15.8. The molecule has 0 aromatic heterocycles. The second-order valence-electron chi connectivity index (χ2n) is 7.87. The number of esters is 2. The summed E-state index contributed by atoms with van der Waals surface area (Å²) in [4.78, 5) is 22.6. The summed E-state index contributed by atoms with van der Waals surface area (Å²) in [6.07, 6.45) is 2.22. The van der Waals surface area contributed by atoms with Gasteiger partial charge in [-0.1, -0.05) is 73.5 Å². The summed E-state index contributed by atoms with van der Waals surface area (Å²) >= 11 is 0. The summed E-state index contributed by atoms with van der Waals surface area (Å²) in [7, 11) is 0. The van der Waals surface area contributed by atoms with E-state index in [-0.39, 0.29) is 6.61 Å². The van der Waals surface area contributed by atoms with Crippen LogP contribution in [0.15, 0.2) is 97.6 Å². The van der Waals surface area contributed by atoms with Crippen molar-refractivity contribution in [3.8, 4) is 45.6 Å². The van der Waals surface area contributed by atoms with Crippen LogP contribution in [0.25, 0.3) is 22.3 Å². The summed E-state index contributed by atoms with van der Waals surface area (Å²) in [5.74, 6) is 6.35. The molecule has 0 aliphatic heterocycles. The molecule has 0 bridgehead atoms. The van der Waals surface area contributed by atoms with Gasteiger partial charge in [-0.2, -0.15) is 0 Å². The Labute approximate surface area is 212 Å². The minimum atomic E-state index is -0.436. The van der Waals surface area contributed by atoms with E-state index in [0.717, 1.165) is 34.1 Å². The lowest BCUT2D eigenvalue weighted by atomic mass is 10.0. The van der Waals surface area contributed by atoms with Gasteiger partial charge in [-0.25, -0.2) is 9.59 Å². The second kappa shape index (κ2) is 13.4. The average molecular weight is 481 g/mol. The molecule has 0 atom stereocenters. The molecule has 36 heavy (non-hydrogen) atoms. The maximum absolute atomic E-state index is 11.6. The van der Waals surface area contributed by atoms with E-state index < -0.39 is 11.9 Å². The Morgan fingerprint density at radius 3 is 1.67 bits per heavy atom. The van der Waals surface area contributed by atoms with Gasteiger partial charge in [-0.15, -0.1) is 0 Å². The van der Waals surface area contributed by atoms with Crippen molar-refractivity contribution in [1.82, 2.24) is 0 Å². The molecule has 0 radical (unpaired) electrons. The van der Waals surface area contributed by atoms with Crippen molar-refractivity contribution in [2.75, 3.05) is 13.2 Å². The van der Waals surface area contributed by atoms with Crippen molar-refractivity contribution < 1.29 is 23.8 Å². The highest BCUT2D eigenvalue weighted by Gasteiger charge is 2.06. The fraction of sp³-hybridized carbons (Fsp3) is 0.161. The first kappa shape index (κ1) is 26.1. The third-order valence-corrected chi connectivity index (χ3v) is 5.08. The summed E-state index contributed by atoms with van der Waals surface area (Å²) in [6.45, 7) is 9.29. The smallest absolute Gasteiger partial charge is 0.338 e. The van der Waals surface area contributed by atoms with Gasteiger partial charge in [0.2, 0.25) is 0 Å². The topological polar surface area (TPSA) is 61.8 Å². The zero-order valence-electron chi connectivity index (χ0n) is 20.3. The molecule has 3 rings (SSSR count). The normalized spacial score (nSPS) is 9.92. The first-order valence-corrected chi connectivity index (χ1v) is 11.5. The summed E-state index contributed by atoms with van der Waals surface area (Å²) in [5, 5.41) is 0. The maximum atomic E-state index is 11.6. The van der Waals surface area contributed by atoms with E-state index >= 15 is 0 Å². The van der Waals surface area contributed by atoms with Crippen molar-refractivity contribution in [3.63, 3.8) is 0 Å². The standard InChI is InChI=1S/C31H28O5/c1-4-30(32)35-22-8-6-5-7-21-34-28-17-13-26(14-18-28)24-9-11-25(12-10-24)27-15-19-29(20-16-27)36-31(33)23(2)3/h4,9-20H,1-2,7-8,21-22H2,3H3. The van der Waals surface area contributed by atoms with E-state index in [1.807, 2.05) is 36.4 Å². The zero-order chi connectivity index (χ0) is 25.8. The first-order chi connectivity index (χ1) is 17.5. The number of benzene rings is 3. The van der Waals surface area contributed by atoms with Gasteiger partial charge >= 0.3 is 11.9 Å². The van der Waals surface area contributed by atoms with Gasteiger partial charge in [0.05, 0.1) is 6.61 Å². The van der Waals surface area contributed by atoms with Crippen LogP contribution in [-0.2, 0) is 14.3 Å². The molecule has 0 saturated carbocycles. The van der Waals surface area contributed by atoms with E-state index in [0.29, 0.717) is 30.8 Å². The number of hydrogen-bond acceptors (Lipinski definition) is 5. The minimum absolute atomic E-state index is 0.264. The Morgan fingerprint density at radius 1 is 0.750 bits per heavy atom. The second-order valence-corrected chi connectivity index (χ2v) is 7.87. The highest BCUT2D eigenvalue weighted by atomic mass is 16.5. The number of rotatable bonds is 10. The van der Waals surface area contributed by atoms with Crippen LogP contribution >= 0.6 is 0 Å². The predicted octanol–water partition coefficient (Wildman–Crippen LogP) is 6.39. The van der Waals surface area contributed by atoms with Gasteiger partial charge in [-0.05, 0) is 53.4 Å². The molecule has 0 fully saturated rings. The molecule has 0 saturated heterocycles. The molecule has 0 aliphatic carbocycles. The van der Waals surface area contributed by atoms with Gasteiger partial charge in [0.25, 0.3) is 0 Å². The van der Waals surface area contributed by atoms with Gasteiger partial charge < -0.3 is 14.2 Å². The fourth-order valence-electron chi connectivity index (χ4n) is 3.17. The molecule has 5 heteroatoms. The number of carbonyl (C=O) groups excluding carboxylic acids is 2. The van der Waals surface area contributed by atoms with Crippen LogP contribution in [0, 0.1) is 11.8 Å². The van der Waals surface area contributed by atoms with E-state index in [1.165, 1.54) is 0 Å². The van der Waals surface area contributed by atoms with Crippen LogP contribution < -0.4 is 9.47 Å². The van der Waals surface area contributed by atoms with E-state index in [4.69, 9.17) is 14.2 Å². The van der Waals surface area contributed by atoms with Crippen molar-refractivity contribution in [2.45, 2.75) is 19.8 Å². The molecule has 3 aromatic carbocycles. The van der Waals surface area contributed by atoms with Crippen molar-refractivity contribution in [2.24, 2.45) is 0 Å². The predicted molar refractivity (Wildman–Crippen MR) is 141 cm³/mol. The zero-order valence-corrected chi connectivity index (χ0v) is 20.3. The SMILES string of the molecule is C=CC(=O)OCCC#CCCOc1ccc(-c2ccc(-c3ccc(OC(=O)C(=C)C)cc3)cc2)cc1. The van der Waals surface area contributed by atoms with E-state index in [2.05, 4.69) is 49.3 Å². The molecule has 0 amide bonds. The molecule has 0 heterocycles. The van der Waals surface area contributed by atoms with Crippen LogP contribution in [-0.4, -0.2) is 25.2 Å². The maximum Gasteiger partial charge on any atom is 0.338 e. The van der Waals surface area contributed by atoms with Crippen molar-refractivity contribution in [3.05, 3.63) is 97.6 Å². The molecular weight excluding hydrogens is 452 g/mol. The Hall–Kier alpha value is -4.56. The molecular formula is C31H28O5. The van der Waals surface area contributed by atoms with Gasteiger partial charge in [-0.3, -0.25) is 0 Å². The van der Waals surface area contributed by atoms with Crippen LogP contribution in [0.5, 0.6) is 11.5 Å². The van der Waals surface area contributed by atoms with Crippen molar-refractivity contribution in [1.29, 1.82) is 0 Å². The monoisotopic (exact) mass is 480 g/mol. The molecule has 5 nitrogen and oxygen atoms in total. The quantitative estimate of drug-likeness (QED) is 0.111. The van der Waals surface area contributed by atoms with Gasteiger partial charge in [0.1, 0.15) is 18.1 Å². The van der Waals surface area contributed by atoms with Gasteiger partial charge in [0, 0.05) is 24.5 Å². The van der Waals surface area contributed by atoms with Crippen LogP contribution in [0.1, 0.15) is 19.8 Å². The van der Waals surface area contributed by atoms with Crippen LogP contribution in [0.3, 0.4) is 0 Å². The Bertz CT molecular complexity index is 1260. The molecule has 182 valence electrons. The third kappa shape index (κ3) is 8.03. The number of ether oxygens (including phenoxy) is 3. The highest BCUT2D eigenvalue weighted by Crippen LogP contribution is 2.27. The fourth-order valence-corrected chi connectivity index (χ4v) is 3.17. The lowest BCUT2D eigenvalue weighted by molar-refractivity contribution is -0.137. The van der Waals surface area contributed by atoms with E-state index in [9.17, 15) is 9.59 Å². The van der Waals surface area contributed by atoms with Gasteiger partial charge in [0.15, 0.2) is 0 Å². The third-order valence-electron chi connectivity index (χ3n) is 5.08. The molecule has 0 unspecified atom stereocenters. The van der Waals surface area contributed by atoms with Crippen LogP contribution in [0.2, 0.25) is 0 Å². The Morgan fingerprint density at radius 2 is 1.19 bits per heavy atom. The molecule has 0 spiro atoms. The summed E-state index contributed by atoms with van der Waals surface area (Å²) in [6, 6.07) is 23.6. The molecule has 0 N–H and O–H groups in total. The first-order valence-electron chi connectivity index (χ1n) is 11.5. The Balaban J connectivity index is 1.48. The number of hydrogen-bond donors (Lipinski definition) is 0. The summed E-state index contributed by atoms with van der Waals surface area (Å²) in [5.41, 5.74) is 4.64. The average Bonchev–Trinajstić information content (AvgIpc) is 2.91. The largest absolute Gasteiger partial charge is 0.493 e.